The number of hydrogen-bond acceptors (Lipinski definition) is 5. The fourth-order valence-corrected chi connectivity index (χ4v) is 3.38. The number of urea groups is 1. The Kier molecular flexibility index (Phi) is 6.05. The molecule has 2 aromatic rings. The van der Waals surface area contributed by atoms with Crippen LogP contribution >= 0.6 is 11.8 Å². The Morgan fingerprint density at radius 2 is 1.92 bits per heavy atom. The molecule has 1 aromatic heterocycles. The molecule has 25 heavy (non-hydrogen) atoms. The topological polar surface area (TPSA) is 88.9 Å². The van der Waals surface area contributed by atoms with Crippen LogP contribution in [-0.4, -0.2) is 38.5 Å². The van der Waals surface area contributed by atoms with Crippen LogP contribution in [0.3, 0.4) is 0 Å². The van der Waals surface area contributed by atoms with E-state index < -0.39 is 6.03 Å². The van der Waals surface area contributed by atoms with Crippen LogP contribution in [0.1, 0.15) is 32.1 Å². The molecule has 0 radical (unpaired) electrons. The Morgan fingerprint density at radius 1 is 1.16 bits per heavy atom. The Hall–Kier alpha value is -2.35. The molecule has 1 heterocycles. The molecule has 1 saturated carbocycles. The molecule has 132 valence electrons. The number of para-hydroxylation sites is 1. The van der Waals surface area contributed by atoms with Crippen LogP contribution in [0.4, 0.5) is 4.79 Å². The summed E-state index contributed by atoms with van der Waals surface area (Å²) >= 11 is 1.20. The second-order valence-corrected chi connectivity index (χ2v) is 6.90. The van der Waals surface area contributed by atoms with E-state index in [9.17, 15) is 9.59 Å². The Bertz CT molecular complexity index is 713. The lowest BCUT2D eigenvalue weighted by molar-refractivity contribution is -0.117. The zero-order chi connectivity index (χ0) is 17.5. The smallest absolute Gasteiger partial charge is 0.321 e. The van der Waals surface area contributed by atoms with Crippen LogP contribution in [0.15, 0.2) is 41.8 Å². The summed E-state index contributed by atoms with van der Waals surface area (Å²) in [6, 6.07) is 9.37. The summed E-state index contributed by atoms with van der Waals surface area (Å²) in [7, 11) is 0. The van der Waals surface area contributed by atoms with Crippen molar-refractivity contribution in [1.29, 1.82) is 0 Å². The summed E-state index contributed by atoms with van der Waals surface area (Å²) in [6.07, 6.45) is 7.05. The van der Waals surface area contributed by atoms with Gasteiger partial charge in [-0.2, -0.15) is 0 Å². The van der Waals surface area contributed by atoms with Crippen molar-refractivity contribution in [2.75, 3.05) is 5.75 Å². The first-order valence-corrected chi connectivity index (χ1v) is 9.39. The maximum atomic E-state index is 11.9. The molecule has 3 amide bonds. The summed E-state index contributed by atoms with van der Waals surface area (Å²) in [5, 5.41) is 10.0. The molecule has 0 aliphatic heterocycles. The zero-order valence-corrected chi connectivity index (χ0v) is 14.7. The molecule has 0 bridgehead atoms. The minimum atomic E-state index is -0.416. The maximum absolute atomic E-state index is 11.9. The molecular formula is C17H21N5O2S. The third-order valence-corrected chi connectivity index (χ3v) is 4.87. The van der Waals surface area contributed by atoms with Gasteiger partial charge in [0.05, 0.1) is 11.4 Å². The lowest BCUT2D eigenvalue weighted by Gasteiger charge is -2.22. The summed E-state index contributed by atoms with van der Waals surface area (Å²) in [5.74, 6) is -0.258. The van der Waals surface area contributed by atoms with Crippen LogP contribution in [-0.2, 0) is 4.79 Å². The van der Waals surface area contributed by atoms with Crippen molar-refractivity contribution in [2.24, 2.45) is 0 Å². The van der Waals surface area contributed by atoms with Gasteiger partial charge in [-0.15, -0.1) is 5.10 Å². The average molecular weight is 359 g/mol. The molecule has 1 aliphatic rings. The molecule has 1 aliphatic carbocycles. The minimum Gasteiger partial charge on any atom is -0.335 e. The molecular weight excluding hydrogens is 338 g/mol. The van der Waals surface area contributed by atoms with Crippen LogP contribution in [0.2, 0.25) is 0 Å². The first kappa shape index (κ1) is 17.5. The molecule has 0 unspecified atom stereocenters. The number of rotatable bonds is 5. The molecule has 1 aromatic carbocycles. The molecule has 0 saturated heterocycles. The number of amides is 3. The van der Waals surface area contributed by atoms with E-state index in [-0.39, 0.29) is 17.7 Å². The van der Waals surface area contributed by atoms with Gasteiger partial charge in [0, 0.05) is 6.04 Å². The second kappa shape index (κ2) is 8.66. The van der Waals surface area contributed by atoms with E-state index in [4.69, 9.17) is 0 Å². The predicted molar refractivity (Wildman–Crippen MR) is 95.6 cm³/mol. The van der Waals surface area contributed by atoms with Crippen LogP contribution < -0.4 is 10.6 Å². The monoisotopic (exact) mass is 359 g/mol. The number of carbonyl (C=O) groups is 2. The Labute approximate surface area is 150 Å². The zero-order valence-electron chi connectivity index (χ0n) is 13.9. The van der Waals surface area contributed by atoms with Crippen LogP contribution in [0.5, 0.6) is 0 Å². The van der Waals surface area contributed by atoms with Gasteiger partial charge < -0.3 is 5.32 Å². The average Bonchev–Trinajstić information content (AvgIpc) is 3.10. The van der Waals surface area contributed by atoms with Crippen LogP contribution in [0.25, 0.3) is 5.69 Å². The van der Waals surface area contributed by atoms with E-state index in [0.29, 0.717) is 5.16 Å². The number of benzene rings is 1. The van der Waals surface area contributed by atoms with E-state index in [1.807, 2.05) is 30.3 Å². The van der Waals surface area contributed by atoms with E-state index in [1.165, 1.54) is 18.2 Å². The fraction of sp³-hybridized carbons (Fsp3) is 0.412. The minimum absolute atomic E-state index is 0.0941. The van der Waals surface area contributed by atoms with Crippen molar-refractivity contribution in [3.05, 3.63) is 36.7 Å². The van der Waals surface area contributed by atoms with E-state index in [2.05, 4.69) is 20.7 Å². The molecule has 7 nitrogen and oxygen atoms in total. The highest BCUT2D eigenvalue weighted by molar-refractivity contribution is 7.99. The highest BCUT2D eigenvalue weighted by Gasteiger charge is 2.17. The normalized spacial score (nSPS) is 14.9. The third kappa shape index (κ3) is 5.32. The van der Waals surface area contributed by atoms with Crippen molar-refractivity contribution >= 4 is 23.7 Å². The van der Waals surface area contributed by atoms with Gasteiger partial charge in [0.2, 0.25) is 11.1 Å². The highest BCUT2D eigenvalue weighted by atomic mass is 32.2. The largest absolute Gasteiger partial charge is 0.335 e. The number of carbonyl (C=O) groups excluding carboxylic acids is 2. The predicted octanol–water partition coefficient (Wildman–Crippen LogP) is 2.52. The van der Waals surface area contributed by atoms with Crippen molar-refractivity contribution in [1.82, 2.24) is 25.4 Å². The van der Waals surface area contributed by atoms with Gasteiger partial charge in [0.15, 0.2) is 0 Å². The number of thioether (sulfide) groups is 1. The van der Waals surface area contributed by atoms with Crippen molar-refractivity contribution < 1.29 is 9.59 Å². The molecule has 2 N–H and O–H groups in total. The summed E-state index contributed by atoms with van der Waals surface area (Å²) < 4.78 is 1.65. The lowest BCUT2D eigenvalue weighted by Crippen LogP contribution is -2.45. The van der Waals surface area contributed by atoms with Gasteiger partial charge in [0.25, 0.3) is 0 Å². The quantitative estimate of drug-likeness (QED) is 0.801. The number of nitrogens with zero attached hydrogens (tertiary/aromatic N) is 3. The van der Waals surface area contributed by atoms with Crippen LogP contribution in [0, 0.1) is 0 Å². The molecule has 0 spiro atoms. The van der Waals surface area contributed by atoms with Gasteiger partial charge in [-0.05, 0) is 25.0 Å². The van der Waals surface area contributed by atoms with Gasteiger partial charge >= 0.3 is 6.03 Å². The van der Waals surface area contributed by atoms with Gasteiger partial charge in [0.1, 0.15) is 6.33 Å². The number of nitrogens with one attached hydrogen (secondary N) is 2. The molecule has 1 fully saturated rings. The first-order chi connectivity index (χ1) is 12.2. The number of hydrogen-bond donors (Lipinski definition) is 2. The highest BCUT2D eigenvalue weighted by Crippen LogP contribution is 2.17. The summed E-state index contributed by atoms with van der Waals surface area (Å²) in [4.78, 5) is 27.9. The Balaban J connectivity index is 1.43. The van der Waals surface area contributed by atoms with Gasteiger partial charge in [-0.1, -0.05) is 49.2 Å². The second-order valence-electron chi connectivity index (χ2n) is 5.95. The fourth-order valence-electron chi connectivity index (χ4n) is 2.78. The van der Waals surface area contributed by atoms with E-state index in [0.717, 1.165) is 31.4 Å². The van der Waals surface area contributed by atoms with Crippen molar-refractivity contribution in [3.8, 4) is 5.69 Å². The SMILES string of the molecule is O=C(CSc1ncn(-c2ccccc2)n1)NC(=O)NC1CCCCC1. The third-order valence-electron chi connectivity index (χ3n) is 4.02. The summed E-state index contributed by atoms with van der Waals surface area (Å²) in [6.45, 7) is 0. The van der Waals surface area contributed by atoms with E-state index in [1.54, 1.807) is 11.0 Å². The first-order valence-electron chi connectivity index (χ1n) is 8.41. The van der Waals surface area contributed by atoms with Crippen molar-refractivity contribution in [2.45, 2.75) is 43.3 Å². The lowest BCUT2D eigenvalue weighted by atomic mass is 9.96. The molecule has 3 rings (SSSR count). The standard InChI is InChI=1S/C17H21N5O2S/c23-15(20-16(24)19-13-7-3-1-4-8-13)11-25-17-18-12-22(21-17)14-9-5-2-6-10-14/h2,5-6,9-10,12-13H,1,3-4,7-8,11H2,(H2,19,20,23,24). The maximum Gasteiger partial charge on any atom is 0.321 e. The number of aromatic nitrogens is 3. The Morgan fingerprint density at radius 3 is 2.68 bits per heavy atom. The van der Waals surface area contributed by atoms with Crippen molar-refractivity contribution in [3.63, 3.8) is 0 Å². The molecule has 0 atom stereocenters. The molecule has 8 heteroatoms. The van der Waals surface area contributed by atoms with Gasteiger partial charge in [-0.3, -0.25) is 10.1 Å². The van der Waals surface area contributed by atoms with E-state index >= 15 is 0 Å². The summed E-state index contributed by atoms with van der Waals surface area (Å²) in [5.41, 5.74) is 0.901. The number of imide groups is 1. The van der Waals surface area contributed by atoms with Gasteiger partial charge in [-0.25, -0.2) is 14.5 Å².